The minimum absolute atomic E-state index is 0.352. The van der Waals surface area contributed by atoms with E-state index in [1.165, 1.54) is 5.56 Å². The van der Waals surface area contributed by atoms with Gasteiger partial charge in [-0.15, -0.1) is 0 Å². The van der Waals surface area contributed by atoms with E-state index in [4.69, 9.17) is 4.74 Å². The fourth-order valence-corrected chi connectivity index (χ4v) is 1.69. The summed E-state index contributed by atoms with van der Waals surface area (Å²) in [5, 5.41) is 13.4. The van der Waals surface area contributed by atoms with Crippen LogP contribution in [-0.4, -0.2) is 23.9 Å². The summed E-state index contributed by atoms with van der Waals surface area (Å²) in [6.07, 6.45) is 1.42. The number of ether oxygens (including phenoxy) is 1. The van der Waals surface area contributed by atoms with Crippen molar-refractivity contribution in [3.63, 3.8) is 0 Å². The van der Waals surface area contributed by atoms with Gasteiger partial charge in [-0.1, -0.05) is 32.9 Å². The fourth-order valence-electron chi connectivity index (χ4n) is 1.69. The Bertz CT molecular complexity index is 348. The third kappa shape index (κ3) is 4.67. The zero-order valence-electron chi connectivity index (χ0n) is 11.7. The lowest BCUT2D eigenvalue weighted by Gasteiger charge is -2.25. The molecule has 0 radical (unpaired) electrons. The standard InChI is InChI=1S/C15H25NO2/c1-4-15(17,5-2)12-18-14-9-7-8-13(10-14)11-16-6-3/h7-10,16-17H,4-6,11-12H2,1-3H3. The quantitative estimate of drug-likeness (QED) is 0.746. The Morgan fingerprint density at radius 3 is 2.56 bits per heavy atom. The van der Waals surface area contributed by atoms with E-state index >= 15 is 0 Å². The van der Waals surface area contributed by atoms with Gasteiger partial charge in [-0.2, -0.15) is 0 Å². The molecular weight excluding hydrogens is 226 g/mol. The highest BCUT2D eigenvalue weighted by molar-refractivity contribution is 5.28. The summed E-state index contributed by atoms with van der Waals surface area (Å²) in [5.74, 6) is 0.825. The second kappa shape index (κ2) is 7.39. The third-order valence-electron chi connectivity index (χ3n) is 3.30. The fraction of sp³-hybridized carbons (Fsp3) is 0.600. The van der Waals surface area contributed by atoms with E-state index in [1.54, 1.807) is 0 Å². The lowest BCUT2D eigenvalue weighted by atomic mass is 9.99. The lowest BCUT2D eigenvalue weighted by Crippen LogP contribution is -2.34. The lowest BCUT2D eigenvalue weighted by molar-refractivity contribution is -0.0113. The molecule has 0 saturated carbocycles. The Labute approximate surface area is 110 Å². The molecule has 1 rings (SSSR count). The summed E-state index contributed by atoms with van der Waals surface area (Å²) < 4.78 is 5.70. The van der Waals surface area contributed by atoms with Gasteiger partial charge in [0.2, 0.25) is 0 Å². The Balaban J connectivity index is 2.56. The number of benzene rings is 1. The van der Waals surface area contributed by atoms with E-state index in [0.29, 0.717) is 19.4 Å². The van der Waals surface area contributed by atoms with Crippen LogP contribution >= 0.6 is 0 Å². The van der Waals surface area contributed by atoms with Gasteiger partial charge in [0, 0.05) is 6.54 Å². The zero-order chi connectivity index (χ0) is 13.4. The monoisotopic (exact) mass is 251 g/mol. The number of nitrogens with one attached hydrogen (secondary N) is 1. The molecule has 1 aromatic rings. The van der Waals surface area contributed by atoms with Crippen LogP contribution < -0.4 is 10.1 Å². The largest absolute Gasteiger partial charge is 0.491 e. The topological polar surface area (TPSA) is 41.5 Å². The summed E-state index contributed by atoms with van der Waals surface area (Å²) in [6.45, 7) is 8.20. The minimum atomic E-state index is -0.711. The molecule has 0 aliphatic heterocycles. The maximum atomic E-state index is 10.2. The predicted molar refractivity (Wildman–Crippen MR) is 74.8 cm³/mol. The number of rotatable bonds is 8. The number of aliphatic hydroxyl groups is 1. The van der Waals surface area contributed by atoms with Crippen LogP contribution in [-0.2, 0) is 6.54 Å². The van der Waals surface area contributed by atoms with Crippen LogP contribution in [0, 0.1) is 0 Å². The van der Waals surface area contributed by atoms with Gasteiger partial charge in [0.25, 0.3) is 0 Å². The predicted octanol–water partition coefficient (Wildman–Crippen LogP) is 2.73. The first kappa shape index (κ1) is 15.0. The minimum Gasteiger partial charge on any atom is -0.491 e. The van der Waals surface area contributed by atoms with E-state index in [0.717, 1.165) is 18.8 Å². The highest BCUT2D eigenvalue weighted by Crippen LogP contribution is 2.19. The maximum absolute atomic E-state index is 10.2. The van der Waals surface area contributed by atoms with Crippen LogP contribution in [0.5, 0.6) is 5.75 Å². The van der Waals surface area contributed by atoms with E-state index in [-0.39, 0.29) is 0 Å². The van der Waals surface area contributed by atoms with Gasteiger partial charge in [-0.05, 0) is 37.1 Å². The van der Waals surface area contributed by atoms with Gasteiger partial charge < -0.3 is 15.2 Å². The van der Waals surface area contributed by atoms with Crippen molar-refractivity contribution in [3.05, 3.63) is 29.8 Å². The second-order valence-electron chi connectivity index (χ2n) is 4.65. The van der Waals surface area contributed by atoms with Crippen molar-refractivity contribution in [1.82, 2.24) is 5.32 Å². The molecule has 18 heavy (non-hydrogen) atoms. The second-order valence-corrected chi connectivity index (χ2v) is 4.65. The summed E-state index contributed by atoms with van der Waals surface area (Å²) in [6, 6.07) is 8.01. The number of hydrogen-bond donors (Lipinski definition) is 2. The summed E-state index contributed by atoms with van der Waals surface area (Å²) in [7, 11) is 0. The first-order chi connectivity index (χ1) is 8.63. The highest BCUT2D eigenvalue weighted by Gasteiger charge is 2.22. The summed E-state index contributed by atoms with van der Waals surface area (Å²) >= 11 is 0. The van der Waals surface area contributed by atoms with E-state index in [2.05, 4.69) is 18.3 Å². The van der Waals surface area contributed by atoms with Crippen LogP contribution in [0.4, 0.5) is 0 Å². The van der Waals surface area contributed by atoms with Crippen LogP contribution in [0.3, 0.4) is 0 Å². The normalized spacial score (nSPS) is 11.6. The van der Waals surface area contributed by atoms with Gasteiger partial charge in [-0.25, -0.2) is 0 Å². The first-order valence-corrected chi connectivity index (χ1v) is 6.78. The highest BCUT2D eigenvalue weighted by atomic mass is 16.5. The van der Waals surface area contributed by atoms with Gasteiger partial charge >= 0.3 is 0 Å². The Morgan fingerprint density at radius 2 is 1.94 bits per heavy atom. The van der Waals surface area contributed by atoms with Gasteiger partial charge in [0.15, 0.2) is 0 Å². The van der Waals surface area contributed by atoms with Crippen LogP contribution in [0.15, 0.2) is 24.3 Å². The average Bonchev–Trinajstić information content (AvgIpc) is 2.43. The molecule has 3 nitrogen and oxygen atoms in total. The van der Waals surface area contributed by atoms with Crippen molar-refractivity contribution in [2.45, 2.75) is 45.8 Å². The molecule has 3 heteroatoms. The molecule has 0 spiro atoms. The zero-order valence-corrected chi connectivity index (χ0v) is 11.7. The van der Waals surface area contributed by atoms with Crippen molar-refractivity contribution in [1.29, 1.82) is 0 Å². The molecule has 0 amide bonds. The smallest absolute Gasteiger partial charge is 0.119 e. The molecule has 1 aromatic carbocycles. The molecule has 0 heterocycles. The van der Waals surface area contributed by atoms with Crippen molar-refractivity contribution in [2.75, 3.05) is 13.2 Å². The van der Waals surface area contributed by atoms with E-state index < -0.39 is 5.60 Å². The third-order valence-corrected chi connectivity index (χ3v) is 3.30. The first-order valence-electron chi connectivity index (χ1n) is 6.78. The Hall–Kier alpha value is -1.06. The SMILES string of the molecule is CCNCc1cccc(OCC(O)(CC)CC)c1. The van der Waals surface area contributed by atoms with Crippen molar-refractivity contribution in [2.24, 2.45) is 0 Å². The molecule has 0 atom stereocenters. The molecule has 0 unspecified atom stereocenters. The van der Waals surface area contributed by atoms with Gasteiger partial charge in [-0.3, -0.25) is 0 Å². The Morgan fingerprint density at radius 1 is 1.22 bits per heavy atom. The molecule has 0 fully saturated rings. The average molecular weight is 251 g/mol. The molecule has 0 aromatic heterocycles. The molecule has 102 valence electrons. The number of hydrogen-bond acceptors (Lipinski definition) is 3. The summed E-state index contributed by atoms with van der Waals surface area (Å²) in [5.41, 5.74) is 0.489. The van der Waals surface area contributed by atoms with E-state index in [1.807, 2.05) is 32.0 Å². The summed E-state index contributed by atoms with van der Waals surface area (Å²) in [4.78, 5) is 0. The maximum Gasteiger partial charge on any atom is 0.119 e. The van der Waals surface area contributed by atoms with Gasteiger partial charge in [0.05, 0.1) is 5.60 Å². The molecule has 0 bridgehead atoms. The van der Waals surface area contributed by atoms with Crippen molar-refractivity contribution >= 4 is 0 Å². The van der Waals surface area contributed by atoms with Crippen LogP contribution in [0.25, 0.3) is 0 Å². The van der Waals surface area contributed by atoms with E-state index in [9.17, 15) is 5.11 Å². The molecular formula is C15H25NO2. The molecule has 2 N–H and O–H groups in total. The van der Waals surface area contributed by atoms with Crippen molar-refractivity contribution < 1.29 is 9.84 Å². The molecule has 0 saturated heterocycles. The molecule has 0 aliphatic carbocycles. The van der Waals surface area contributed by atoms with Crippen LogP contribution in [0.1, 0.15) is 39.2 Å². The van der Waals surface area contributed by atoms with Crippen molar-refractivity contribution in [3.8, 4) is 5.75 Å². The Kier molecular flexibility index (Phi) is 6.16. The van der Waals surface area contributed by atoms with Gasteiger partial charge in [0.1, 0.15) is 12.4 Å². The van der Waals surface area contributed by atoms with Crippen LogP contribution in [0.2, 0.25) is 0 Å². The molecule has 0 aliphatic rings.